The van der Waals surface area contributed by atoms with Crippen LogP contribution in [0.15, 0.2) is 28.9 Å². The Bertz CT molecular complexity index is 1070. The van der Waals surface area contributed by atoms with Gasteiger partial charge >= 0.3 is 5.97 Å². The minimum atomic E-state index is -0.307. The number of methoxy groups -OCH3 is 1. The first kappa shape index (κ1) is 28.3. The zero-order chi connectivity index (χ0) is 26.9. The number of esters is 1. The standard InChI is InChI=1S/C30H41FN2O5/c1-3-4-5-6-7-8-9-16-32-29(35)24-19-37-30(33-24)28-23(25-13-14-26(28)38-25)18-21-17-22(31)12-10-20(21)11-15-27(34)36-2/h10,12,17,19,23,25-26,28H,3-9,11,13-16,18H2,1-2H3,(H,32,35). The Morgan fingerprint density at radius 1 is 1.08 bits per heavy atom. The second-order valence-corrected chi connectivity index (χ2v) is 10.6. The molecule has 1 aromatic carbocycles. The van der Waals surface area contributed by atoms with Gasteiger partial charge in [0.15, 0.2) is 5.69 Å². The van der Waals surface area contributed by atoms with Gasteiger partial charge in [0, 0.05) is 18.9 Å². The van der Waals surface area contributed by atoms with Crippen molar-refractivity contribution in [1.82, 2.24) is 10.3 Å². The van der Waals surface area contributed by atoms with E-state index in [2.05, 4.69) is 17.2 Å². The zero-order valence-corrected chi connectivity index (χ0v) is 22.7. The van der Waals surface area contributed by atoms with Gasteiger partial charge in [0.25, 0.3) is 5.91 Å². The van der Waals surface area contributed by atoms with Crippen molar-refractivity contribution in [2.75, 3.05) is 13.7 Å². The Labute approximate surface area is 224 Å². The van der Waals surface area contributed by atoms with E-state index in [0.29, 0.717) is 25.3 Å². The molecule has 0 aliphatic carbocycles. The number of benzene rings is 1. The number of nitrogens with one attached hydrogen (secondary N) is 1. The Balaban J connectivity index is 1.37. The van der Waals surface area contributed by atoms with Crippen LogP contribution in [0, 0.1) is 11.7 Å². The highest BCUT2D eigenvalue weighted by Crippen LogP contribution is 2.50. The third-order valence-corrected chi connectivity index (χ3v) is 7.98. The number of aryl methyl sites for hydroxylation is 1. The van der Waals surface area contributed by atoms with E-state index in [4.69, 9.17) is 13.9 Å². The van der Waals surface area contributed by atoms with Crippen molar-refractivity contribution in [2.45, 2.75) is 102 Å². The number of carbonyl (C=O) groups excluding carboxylic acids is 2. The number of amides is 1. The average Bonchev–Trinajstić information content (AvgIpc) is 3.66. The van der Waals surface area contributed by atoms with E-state index in [1.54, 1.807) is 12.1 Å². The fourth-order valence-corrected chi connectivity index (χ4v) is 5.92. The van der Waals surface area contributed by atoms with Gasteiger partial charge in [0.2, 0.25) is 5.89 Å². The van der Waals surface area contributed by atoms with Crippen molar-refractivity contribution in [1.29, 1.82) is 0 Å². The highest BCUT2D eigenvalue weighted by Gasteiger charge is 2.51. The minimum absolute atomic E-state index is 0.0284. The SMILES string of the molecule is CCCCCCCCCNC(=O)c1coc(C2C3CCC(O3)C2Cc2cc(F)ccc2CCC(=O)OC)n1. The van der Waals surface area contributed by atoms with Crippen LogP contribution in [0.3, 0.4) is 0 Å². The summed E-state index contributed by atoms with van der Waals surface area (Å²) in [6.07, 6.45) is 12.9. The van der Waals surface area contributed by atoms with Gasteiger partial charge in [-0.2, -0.15) is 0 Å². The highest BCUT2D eigenvalue weighted by molar-refractivity contribution is 5.91. The number of carbonyl (C=O) groups is 2. The van der Waals surface area contributed by atoms with Crippen LogP contribution in [0.2, 0.25) is 0 Å². The molecule has 4 atom stereocenters. The lowest BCUT2D eigenvalue weighted by Gasteiger charge is -2.26. The van der Waals surface area contributed by atoms with Crippen LogP contribution in [0.25, 0.3) is 0 Å². The van der Waals surface area contributed by atoms with Crippen molar-refractivity contribution < 1.29 is 27.9 Å². The van der Waals surface area contributed by atoms with Crippen molar-refractivity contribution in [3.05, 3.63) is 53.0 Å². The topological polar surface area (TPSA) is 90.7 Å². The lowest BCUT2D eigenvalue weighted by Crippen LogP contribution is -2.28. The van der Waals surface area contributed by atoms with E-state index in [0.717, 1.165) is 36.8 Å². The number of fused-ring (bicyclic) bond motifs is 2. The molecule has 0 radical (unpaired) electrons. The molecular formula is C30H41FN2O5. The molecule has 2 aliphatic rings. The number of nitrogens with zero attached hydrogens (tertiary/aromatic N) is 1. The van der Waals surface area contributed by atoms with E-state index in [1.807, 2.05) is 0 Å². The van der Waals surface area contributed by atoms with Gasteiger partial charge in [-0.05, 0) is 55.4 Å². The highest BCUT2D eigenvalue weighted by atomic mass is 19.1. The van der Waals surface area contributed by atoms with E-state index < -0.39 is 0 Å². The van der Waals surface area contributed by atoms with Crippen LogP contribution >= 0.6 is 0 Å². The Kier molecular flexibility index (Phi) is 10.3. The Morgan fingerprint density at radius 3 is 2.63 bits per heavy atom. The number of oxazole rings is 1. The summed E-state index contributed by atoms with van der Waals surface area (Å²) in [5, 5.41) is 2.96. The Morgan fingerprint density at radius 2 is 1.84 bits per heavy atom. The smallest absolute Gasteiger partial charge is 0.305 e. The van der Waals surface area contributed by atoms with Gasteiger partial charge in [0.1, 0.15) is 12.1 Å². The number of aromatic nitrogens is 1. The minimum Gasteiger partial charge on any atom is -0.469 e. The molecule has 1 aromatic heterocycles. The third kappa shape index (κ3) is 7.22. The summed E-state index contributed by atoms with van der Waals surface area (Å²) >= 11 is 0. The number of halogens is 1. The summed E-state index contributed by atoms with van der Waals surface area (Å²) in [6.45, 7) is 2.84. The van der Waals surface area contributed by atoms with Crippen molar-refractivity contribution >= 4 is 11.9 Å². The number of unbranched alkanes of at least 4 members (excludes halogenated alkanes) is 6. The summed E-state index contributed by atoms with van der Waals surface area (Å²) < 4.78 is 31.1. The number of hydrogen-bond donors (Lipinski definition) is 1. The summed E-state index contributed by atoms with van der Waals surface area (Å²) in [6, 6.07) is 4.72. The van der Waals surface area contributed by atoms with Crippen molar-refractivity contribution in [3.8, 4) is 0 Å². The molecule has 0 saturated carbocycles. The van der Waals surface area contributed by atoms with Gasteiger partial charge in [-0.15, -0.1) is 0 Å². The van der Waals surface area contributed by atoms with E-state index in [1.165, 1.54) is 51.5 Å². The first-order chi connectivity index (χ1) is 18.5. The van der Waals surface area contributed by atoms with Gasteiger partial charge in [-0.25, -0.2) is 9.37 Å². The van der Waals surface area contributed by atoms with Crippen molar-refractivity contribution in [3.63, 3.8) is 0 Å². The largest absolute Gasteiger partial charge is 0.469 e. The van der Waals surface area contributed by atoms with Crippen molar-refractivity contribution in [2.24, 2.45) is 5.92 Å². The molecule has 2 fully saturated rings. The number of ether oxygens (including phenoxy) is 2. The second-order valence-electron chi connectivity index (χ2n) is 10.6. The van der Waals surface area contributed by atoms with E-state index in [-0.39, 0.29) is 53.9 Å². The molecule has 2 aromatic rings. The van der Waals surface area contributed by atoms with E-state index in [9.17, 15) is 14.0 Å². The van der Waals surface area contributed by atoms with E-state index >= 15 is 0 Å². The monoisotopic (exact) mass is 528 g/mol. The maximum Gasteiger partial charge on any atom is 0.305 e. The van der Waals surface area contributed by atoms with Crippen LogP contribution in [0.4, 0.5) is 4.39 Å². The van der Waals surface area contributed by atoms with Gasteiger partial charge in [-0.3, -0.25) is 9.59 Å². The molecule has 4 unspecified atom stereocenters. The lowest BCUT2D eigenvalue weighted by molar-refractivity contribution is -0.140. The predicted molar refractivity (Wildman–Crippen MR) is 141 cm³/mol. The molecule has 38 heavy (non-hydrogen) atoms. The first-order valence-corrected chi connectivity index (χ1v) is 14.2. The number of hydrogen-bond acceptors (Lipinski definition) is 6. The molecule has 2 saturated heterocycles. The predicted octanol–water partition coefficient (Wildman–Crippen LogP) is 5.90. The average molecular weight is 529 g/mol. The molecule has 8 heteroatoms. The molecule has 1 amide bonds. The summed E-state index contributed by atoms with van der Waals surface area (Å²) in [4.78, 5) is 28.9. The molecule has 208 valence electrons. The van der Waals surface area contributed by atoms with Gasteiger partial charge < -0.3 is 19.2 Å². The Hall–Kier alpha value is -2.74. The molecule has 2 bridgehead atoms. The first-order valence-electron chi connectivity index (χ1n) is 14.2. The maximum atomic E-state index is 14.2. The third-order valence-electron chi connectivity index (χ3n) is 7.98. The zero-order valence-electron chi connectivity index (χ0n) is 22.7. The quantitative estimate of drug-likeness (QED) is 0.229. The molecule has 7 nitrogen and oxygen atoms in total. The molecular weight excluding hydrogens is 487 g/mol. The molecule has 2 aliphatic heterocycles. The summed E-state index contributed by atoms with van der Waals surface area (Å²) in [7, 11) is 1.37. The van der Waals surface area contributed by atoms with Crippen LogP contribution in [0.1, 0.15) is 105 Å². The summed E-state index contributed by atoms with van der Waals surface area (Å²) in [5.41, 5.74) is 2.07. The van der Waals surface area contributed by atoms with Gasteiger partial charge in [0.05, 0.1) is 25.2 Å². The molecule has 0 spiro atoms. The van der Waals surface area contributed by atoms with Crippen LogP contribution in [-0.2, 0) is 27.1 Å². The molecule has 4 rings (SSSR count). The summed E-state index contributed by atoms with van der Waals surface area (Å²) in [5.74, 6) is -0.361. The van der Waals surface area contributed by atoms with Crippen LogP contribution in [0.5, 0.6) is 0 Å². The lowest BCUT2D eigenvalue weighted by atomic mass is 9.75. The normalized spacial score (nSPS) is 22.1. The fourth-order valence-electron chi connectivity index (χ4n) is 5.92. The molecule has 1 N–H and O–H groups in total. The molecule has 3 heterocycles. The fraction of sp³-hybridized carbons (Fsp3) is 0.633. The second kappa shape index (κ2) is 13.9. The maximum absolute atomic E-state index is 14.2. The van der Waals surface area contributed by atoms with Crippen LogP contribution < -0.4 is 5.32 Å². The number of rotatable bonds is 15. The van der Waals surface area contributed by atoms with Gasteiger partial charge in [-0.1, -0.05) is 51.5 Å². The van der Waals surface area contributed by atoms with Crippen LogP contribution in [-0.4, -0.2) is 42.7 Å².